The molecule has 0 spiro atoms. The number of aryl methyl sites for hydroxylation is 1. The standard InChI is InChI=1S/C26H24ClN3O3S/c1-33-19-12-6-16(7-13-19)25-24-20-4-2-3-5-21(20)34-26(24)30(23(32)14-28-25)15-22(31)29-18-10-8-17(27)9-11-18/h6-13H,2-5,14-15H2,1H3,(H,29,31). The smallest absolute Gasteiger partial charge is 0.249 e. The fourth-order valence-corrected chi connectivity index (χ4v) is 5.96. The molecule has 1 aromatic heterocycles. The number of fused-ring (bicyclic) bond motifs is 3. The maximum absolute atomic E-state index is 13.2. The number of nitrogens with one attached hydrogen (secondary N) is 1. The lowest BCUT2D eigenvalue weighted by Crippen LogP contribution is -2.38. The number of benzene rings is 2. The minimum absolute atomic E-state index is 0.00817. The Kier molecular flexibility index (Phi) is 6.39. The first kappa shape index (κ1) is 22.6. The number of carbonyl (C=O) groups is 2. The average Bonchev–Trinajstić information content (AvgIpc) is 3.17. The van der Waals surface area contributed by atoms with Crippen LogP contribution in [0.2, 0.25) is 5.02 Å². The molecule has 6 nitrogen and oxygen atoms in total. The van der Waals surface area contributed by atoms with Crippen molar-refractivity contribution < 1.29 is 14.3 Å². The average molecular weight is 494 g/mol. The third-order valence-electron chi connectivity index (χ3n) is 6.10. The number of rotatable bonds is 5. The molecule has 2 amide bonds. The van der Waals surface area contributed by atoms with Crippen molar-refractivity contribution in [2.45, 2.75) is 25.7 Å². The highest BCUT2D eigenvalue weighted by Gasteiger charge is 2.33. The van der Waals surface area contributed by atoms with Gasteiger partial charge in [0.2, 0.25) is 11.8 Å². The molecule has 0 saturated carbocycles. The van der Waals surface area contributed by atoms with Gasteiger partial charge in [-0.25, -0.2) is 0 Å². The number of hydrogen-bond acceptors (Lipinski definition) is 5. The van der Waals surface area contributed by atoms with Crippen molar-refractivity contribution in [1.82, 2.24) is 0 Å². The number of methoxy groups -OCH3 is 1. The van der Waals surface area contributed by atoms with Gasteiger partial charge in [0.05, 0.1) is 12.8 Å². The summed E-state index contributed by atoms with van der Waals surface area (Å²) in [5.41, 5.74) is 4.64. The van der Waals surface area contributed by atoms with Gasteiger partial charge in [-0.15, -0.1) is 11.3 Å². The van der Waals surface area contributed by atoms with Crippen LogP contribution in [0.5, 0.6) is 5.75 Å². The third-order valence-corrected chi connectivity index (χ3v) is 7.67. The van der Waals surface area contributed by atoms with Crippen molar-refractivity contribution in [3.05, 3.63) is 75.1 Å². The van der Waals surface area contributed by atoms with Crippen LogP contribution in [-0.2, 0) is 22.4 Å². The Morgan fingerprint density at radius 1 is 1.12 bits per heavy atom. The molecule has 2 aliphatic rings. The lowest BCUT2D eigenvalue weighted by Gasteiger charge is -2.20. The molecule has 34 heavy (non-hydrogen) atoms. The maximum atomic E-state index is 13.2. The van der Waals surface area contributed by atoms with Gasteiger partial charge in [-0.2, -0.15) is 0 Å². The van der Waals surface area contributed by atoms with Gasteiger partial charge in [0, 0.05) is 26.7 Å². The Morgan fingerprint density at radius 2 is 1.85 bits per heavy atom. The molecule has 1 aliphatic heterocycles. The van der Waals surface area contributed by atoms with E-state index in [1.165, 1.54) is 10.4 Å². The number of ether oxygens (including phenoxy) is 1. The van der Waals surface area contributed by atoms with E-state index in [1.807, 2.05) is 24.3 Å². The SMILES string of the molecule is COc1ccc(C2=NCC(=O)N(CC(=O)Nc3ccc(Cl)cc3)c3sc4c(c32)CCCC4)cc1. The Balaban J connectivity index is 1.51. The van der Waals surface area contributed by atoms with Crippen LogP contribution in [0, 0.1) is 0 Å². The van der Waals surface area contributed by atoms with E-state index in [4.69, 9.17) is 21.3 Å². The first-order valence-corrected chi connectivity index (χ1v) is 12.4. The highest BCUT2D eigenvalue weighted by atomic mass is 35.5. The van der Waals surface area contributed by atoms with Crippen molar-refractivity contribution in [2.24, 2.45) is 4.99 Å². The monoisotopic (exact) mass is 493 g/mol. The number of amides is 2. The van der Waals surface area contributed by atoms with Crippen LogP contribution in [0.3, 0.4) is 0 Å². The molecule has 0 fully saturated rings. The summed E-state index contributed by atoms with van der Waals surface area (Å²) in [6, 6.07) is 14.7. The first-order valence-electron chi connectivity index (χ1n) is 11.2. The maximum Gasteiger partial charge on any atom is 0.249 e. The Bertz CT molecular complexity index is 1270. The summed E-state index contributed by atoms with van der Waals surface area (Å²) in [6.45, 7) is -0.0783. The minimum atomic E-state index is -0.263. The Hall–Kier alpha value is -3.16. The molecular weight excluding hydrogens is 470 g/mol. The number of anilines is 2. The second kappa shape index (κ2) is 9.60. The van der Waals surface area contributed by atoms with Gasteiger partial charge in [-0.05, 0) is 79.8 Å². The predicted octanol–water partition coefficient (Wildman–Crippen LogP) is 5.11. The molecule has 0 radical (unpaired) electrons. The van der Waals surface area contributed by atoms with Gasteiger partial charge in [0.25, 0.3) is 0 Å². The minimum Gasteiger partial charge on any atom is -0.497 e. The number of aliphatic imine (C=N–C) groups is 1. The van der Waals surface area contributed by atoms with E-state index < -0.39 is 0 Å². The Labute approximate surface area is 207 Å². The number of nitrogens with zero attached hydrogens (tertiary/aromatic N) is 2. The lowest BCUT2D eigenvalue weighted by molar-refractivity contribution is -0.120. The largest absolute Gasteiger partial charge is 0.497 e. The zero-order valence-corrected chi connectivity index (χ0v) is 20.3. The molecule has 1 aliphatic carbocycles. The quantitative estimate of drug-likeness (QED) is 0.536. The molecule has 0 atom stereocenters. The van der Waals surface area contributed by atoms with Gasteiger partial charge >= 0.3 is 0 Å². The zero-order chi connectivity index (χ0) is 23.7. The van der Waals surface area contributed by atoms with Crippen molar-refractivity contribution in [2.75, 3.05) is 30.4 Å². The summed E-state index contributed by atoms with van der Waals surface area (Å²) in [5, 5.41) is 4.28. The molecule has 1 N–H and O–H groups in total. The van der Waals surface area contributed by atoms with Gasteiger partial charge in [-0.3, -0.25) is 19.5 Å². The van der Waals surface area contributed by atoms with E-state index in [-0.39, 0.29) is 24.9 Å². The van der Waals surface area contributed by atoms with Gasteiger partial charge in [0.15, 0.2) is 0 Å². The molecule has 2 aromatic carbocycles. The van der Waals surface area contributed by atoms with E-state index >= 15 is 0 Å². The fraction of sp³-hybridized carbons (Fsp3) is 0.269. The highest BCUT2D eigenvalue weighted by Crippen LogP contribution is 2.42. The second-order valence-electron chi connectivity index (χ2n) is 8.32. The predicted molar refractivity (Wildman–Crippen MR) is 137 cm³/mol. The van der Waals surface area contributed by atoms with Crippen LogP contribution < -0.4 is 15.0 Å². The third kappa shape index (κ3) is 4.45. The van der Waals surface area contributed by atoms with E-state index in [1.54, 1.807) is 47.6 Å². The summed E-state index contributed by atoms with van der Waals surface area (Å²) in [5.74, 6) is 0.317. The van der Waals surface area contributed by atoms with Crippen molar-refractivity contribution in [3.63, 3.8) is 0 Å². The number of hydrogen-bond donors (Lipinski definition) is 1. The lowest BCUT2D eigenvalue weighted by atomic mass is 9.91. The molecule has 3 aromatic rings. The van der Waals surface area contributed by atoms with Gasteiger partial charge in [-0.1, -0.05) is 11.6 Å². The second-order valence-corrected chi connectivity index (χ2v) is 9.84. The normalized spacial score (nSPS) is 15.2. The zero-order valence-electron chi connectivity index (χ0n) is 18.8. The van der Waals surface area contributed by atoms with Gasteiger partial charge in [0.1, 0.15) is 23.8 Å². The summed E-state index contributed by atoms with van der Waals surface area (Å²) in [4.78, 5) is 33.8. The number of thiophene rings is 1. The van der Waals surface area contributed by atoms with Crippen LogP contribution in [0.15, 0.2) is 53.5 Å². The van der Waals surface area contributed by atoms with E-state index in [9.17, 15) is 9.59 Å². The Morgan fingerprint density at radius 3 is 2.59 bits per heavy atom. The van der Waals surface area contributed by atoms with Crippen molar-refractivity contribution in [1.29, 1.82) is 0 Å². The first-order chi connectivity index (χ1) is 16.5. The molecule has 8 heteroatoms. The molecule has 2 heterocycles. The summed E-state index contributed by atoms with van der Waals surface area (Å²) in [6.07, 6.45) is 4.18. The molecule has 174 valence electrons. The van der Waals surface area contributed by atoms with E-state index in [0.717, 1.165) is 53.3 Å². The van der Waals surface area contributed by atoms with Crippen LogP contribution in [-0.4, -0.2) is 37.7 Å². The van der Waals surface area contributed by atoms with Crippen molar-refractivity contribution in [3.8, 4) is 5.75 Å². The molecule has 0 saturated heterocycles. The molecule has 5 rings (SSSR count). The van der Waals surface area contributed by atoms with Crippen LogP contribution >= 0.6 is 22.9 Å². The van der Waals surface area contributed by atoms with Crippen molar-refractivity contribution >= 4 is 51.2 Å². The topological polar surface area (TPSA) is 71.0 Å². The number of carbonyl (C=O) groups excluding carboxylic acids is 2. The number of halogens is 1. The highest BCUT2D eigenvalue weighted by molar-refractivity contribution is 7.17. The van der Waals surface area contributed by atoms with Gasteiger partial charge < -0.3 is 10.1 Å². The molecule has 0 unspecified atom stereocenters. The van der Waals surface area contributed by atoms with E-state index in [0.29, 0.717) is 10.7 Å². The van der Waals surface area contributed by atoms with Crippen LogP contribution in [0.25, 0.3) is 0 Å². The van der Waals surface area contributed by atoms with Crippen LogP contribution in [0.4, 0.5) is 10.7 Å². The van der Waals surface area contributed by atoms with E-state index in [2.05, 4.69) is 5.32 Å². The fourth-order valence-electron chi connectivity index (χ4n) is 4.43. The molecule has 0 bridgehead atoms. The summed E-state index contributed by atoms with van der Waals surface area (Å²) < 4.78 is 5.31. The molecular formula is C26H24ClN3O3S. The summed E-state index contributed by atoms with van der Waals surface area (Å²) in [7, 11) is 1.64. The van der Waals surface area contributed by atoms with Crippen LogP contribution in [0.1, 0.15) is 34.4 Å². The summed E-state index contributed by atoms with van der Waals surface area (Å²) >= 11 is 7.57.